The molecule has 0 bridgehead atoms. The quantitative estimate of drug-likeness (QED) is 0.431. The lowest BCUT2D eigenvalue weighted by atomic mass is 10.00. The fourth-order valence-corrected chi connectivity index (χ4v) is 2.37. The third-order valence-electron chi connectivity index (χ3n) is 3.18. The second-order valence-corrected chi connectivity index (χ2v) is 4.34. The van der Waals surface area contributed by atoms with Gasteiger partial charge in [-0.1, -0.05) is 24.3 Å². The van der Waals surface area contributed by atoms with Crippen LogP contribution < -0.4 is 5.63 Å². The van der Waals surface area contributed by atoms with Gasteiger partial charge in [-0.05, 0) is 37.1 Å². The Morgan fingerprint density at radius 2 is 1.53 bits per heavy atom. The summed E-state index contributed by atoms with van der Waals surface area (Å²) in [6.07, 6.45) is 0. The molecule has 0 saturated carbocycles. The molecule has 3 aromatic rings. The molecule has 0 aliphatic heterocycles. The number of fused-ring (bicyclic) bond motifs is 3. The molecule has 0 aliphatic rings. The highest BCUT2D eigenvalue weighted by Crippen LogP contribution is 2.27. The highest BCUT2D eigenvalue weighted by Gasteiger charge is 2.10. The summed E-state index contributed by atoms with van der Waals surface area (Å²) in [4.78, 5) is 11.9. The van der Waals surface area contributed by atoms with Crippen molar-refractivity contribution < 1.29 is 4.42 Å². The summed E-state index contributed by atoms with van der Waals surface area (Å²) in [6.45, 7) is 4.06. The molecule has 1 heterocycles. The second-order valence-electron chi connectivity index (χ2n) is 4.34. The monoisotopic (exact) mass is 224 g/mol. The van der Waals surface area contributed by atoms with Crippen LogP contribution in [0.4, 0.5) is 0 Å². The van der Waals surface area contributed by atoms with Gasteiger partial charge in [-0.25, -0.2) is 4.79 Å². The maximum atomic E-state index is 11.9. The van der Waals surface area contributed by atoms with E-state index in [1.165, 1.54) is 0 Å². The van der Waals surface area contributed by atoms with Gasteiger partial charge in [-0.2, -0.15) is 0 Å². The van der Waals surface area contributed by atoms with Gasteiger partial charge in [0, 0.05) is 10.8 Å². The minimum absolute atomic E-state index is 0.262. The molecule has 0 spiro atoms. The van der Waals surface area contributed by atoms with Gasteiger partial charge in [-0.3, -0.25) is 0 Å². The Bertz CT molecular complexity index is 782. The maximum absolute atomic E-state index is 11.9. The van der Waals surface area contributed by atoms with E-state index in [0.29, 0.717) is 11.0 Å². The Hall–Kier alpha value is -2.09. The SMILES string of the molecule is Cc1cccc2oc(=O)c3cccc(C)c3c12. The highest BCUT2D eigenvalue weighted by atomic mass is 16.4. The maximum Gasteiger partial charge on any atom is 0.344 e. The fraction of sp³-hybridized carbons (Fsp3) is 0.133. The van der Waals surface area contributed by atoms with E-state index < -0.39 is 0 Å². The van der Waals surface area contributed by atoms with Crippen molar-refractivity contribution in [2.45, 2.75) is 13.8 Å². The molecule has 0 aliphatic carbocycles. The number of hydrogen-bond donors (Lipinski definition) is 0. The van der Waals surface area contributed by atoms with E-state index in [0.717, 1.165) is 21.9 Å². The smallest absolute Gasteiger partial charge is 0.344 e. The minimum atomic E-state index is -0.262. The number of hydrogen-bond acceptors (Lipinski definition) is 2. The summed E-state index contributed by atoms with van der Waals surface area (Å²) in [5.74, 6) is 0. The molecule has 2 aromatic carbocycles. The summed E-state index contributed by atoms with van der Waals surface area (Å²) < 4.78 is 5.36. The first-order valence-electron chi connectivity index (χ1n) is 5.60. The number of rotatable bonds is 0. The lowest BCUT2D eigenvalue weighted by Gasteiger charge is -2.07. The van der Waals surface area contributed by atoms with Crippen molar-refractivity contribution in [1.29, 1.82) is 0 Å². The Morgan fingerprint density at radius 3 is 2.29 bits per heavy atom. The van der Waals surface area contributed by atoms with Crippen LogP contribution >= 0.6 is 0 Å². The van der Waals surface area contributed by atoms with E-state index in [2.05, 4.69) is 0 Å². The van der Waals surface area contributed by atoms with Crippen LogP contribution in [0.3, 0.4) is 0 Å². The van der Waals surface area contributed by atoms with Gasteiger partial charge in [0.1, 0.15) is 5.58 Å². The lowest BCUT2D eigenvalue weighted by molar-refractivity contribution is 0.569. The largest absolute Gasteiger partial charge is 0.422 e. The summed E-state index contributed by atoms with van der Waals surface area (Å²) in [7, 11) is 0. The van der Waals surface area contributed by atoms with Gasteiger partial charge in [0.05, 0.1) is 5.39 Å². The predicted octanol–water partition coefficient (Wildman–Crippen LogP) is 3.56. The van der Waals surface area contributed by atoms with Gasteiger partial charge in [0.15, 0.2) is 0 Å². The van der Waals surface area contributed by atoms with Crippen molar-refractivity contribution in [2.75, 3.05) is 0 Å². The molecule has 0 unspecified atom stereocenters. The molecule has 17 heavy (non-hydrogen) atoms. The zero-order valence-corrected chi connectivity index (χ0v) is 9.78. The molecular formula is C15H12O2. The molecule has 2 heteroatoms. The van der Waals surface area contributed by atoms with Crippen LogP contribution in [0.2, 0.25) is 0 Å². The summed E-state index contributed by atoms with van der Waals surface area (Å²) in [6, 6.07) is 11.5. The molecule has 2 nitrogen and oxygen atoms in total. The third kappa shape index (κ3) is 1.37. The van der Waals surface area contributed by atoms with Crippen LogP contribution in [-0.4, -0.2) is 0 Å². The average molecular weight is 224 g/mol. The Kier molecular flexibility index (Phi) is 2.05. The van der Waals surface area contributed by atoms with Crippen LogP contribution in [0.1, 0.15) is 11.1 Å². The van der Waals surface area contributed by atoms with Gasteiger partial charge < -0.3 is 4.42 Å². The van der Waals surface area contributed by atoms with E-state index in [1.54, 1.807) is 0 Å². The Balaban J connectivity index is 2.76. The third-order valence-corrected chi connectivity index (χ3v) is 3.18. The van der Waals surface area contributed by atoms with Crippen LogP contribution in [-0.2, 0) is 0 Å². The molecule has 84 valence electrons. The molecule has 1 aromatic heterocycles. The van der Waals surface area contributed by atoms with Crippen LogP contribution in [0.25, 0.3) is 21.7 Å². The molecule has 0 fully saturated rings. The molecule has 0 radical (unpaired) electrons. The van der Waals surface area contributed by atoms with E-state index in [1.807, 2.05) is 50.2 Å². The Labute approximate surface area is 98.5 Å². The van der Waals surface area contributed by atoms with Crippen molar-refractivity contribution in [1.82, 2.24) is 0 Å². The summed E-state index contributed by atoms with van der Waals surface area (Å²) in [5.41, 5.74) is 2.64. The van der Waals surface area contributed by atoms with Crippen molar-refractivity contribution >= 4 is 21.7 Å². The molecule has 0 atom stereocenters. The van der Waals surface area contributed by atoms with Crippen molar-refractivity contribution in [3.8, 4) is 0 Å². The number of aryl methyl sites for hydroxylation is 2. The standard InChI is InChI=1S/C15H12O2/c1-9-5-3-7-11-13(9)14-10(2)6-4-8-12(14)17-15(11)16/h3-8H,1-2H3. The average Bonchev–Trinajstić information content (AvgIpc) is 2.30. The zero-order chi connectivity index (χ0) is 12.0. The van der Waals surface area contributed by atoms with E-state index in [-0.39, 0.29) is 5.63 Å². The van der Waals surface area contributed by atoms with Gasteiger partial charge >= 0.3 is 5.63 Å². The zero-order valence-electron chi connectivity index (χ0n) is 9.78. The van der Waals surface area contributed by atoms with Gasteiger partial charge in [0.25, 0.3) is 0 Å². The molecule has 0 saturated heterocycles. The summed E-state index contributed by atoms with van der Waals surface area (Å²) >= 11 is 0. The van der Waals surface area contributed by atoms with Crippen LogP contribution in [0, 0.1) is 13.8 Å². The molecule has 3 rings (SSSR count). The number of benzene rings is 2. The van der Waals surface area contributed by atoms with Crippen molar-refractivity contribution in [3.63, 3.8) is 0 Å². The second kappa shape index (κ2) is 3.45. The summed E-state index contributed by atoms with van der Waals surface area (Å²) in [5, 5.41) is 2.71. The first-order chi connectivity index (χ1) is 8.18. The lowest BCUT2D eigenvalue weighted by Crippen LogP contribution is -2.01. The normalized spacial score (nSPS) is 11.2. The Morgan fingerprint density at radius 1 is 0.882 bits per heavy atom. The highest BCUT2D eigenvalue weighted by molar-refractivity contribution is 6.07. The first kappa shape index (κ1) is 10.1. The minimum Gasteiger partial charge on any atom is -0.422 e. The molecule has 0 amide bonds. The van der Waals surface area contributed by atoms with Crippen LogP contribution in [0.15, 0.2) is 45.6 Å². The predicted molar refractivity (Wildman–Crippen MR) is 69.5 cm³/mol. The topological polar surface area (TPSA) is 30.2 Å². The molecule has 0 N–H and O–H groups in total. The van der Waals surface area contributed by atoms with Crippen molar-refractivity contribution in [3.05, 3.63) is 57.9 Å². The first-order valence-corrected chi connectivity index (χ1v) is 5.60. The van der Waals surface area contributed by atoms with Gasteiger partial charge in [-0.15, -0.1) is 0 Å². The van der Waals surface area contributed by atoms with E-state index >= 15 is 0 Å². The van der Waals surface area contributed by atoms with Gasteiger partial charge in [0.2, 0.25) is 0 Å². The van der Waals surface area contributed by atoms with E-state index in [4.69, 9.17) is 4.42 Å². The fourth-order valence-electron chi connectivity index (χ4n) is 2.37. The van der Waals surface area contributed by atoms with Crippen LogP contribution in [0.5, 0.6) is 0 Å². The van der Waals surface area contributed by atoms with Crippen molar-refractivity contribution in [2.24, 2.45) is 0 Å². The van der Waals surface area contributed by atoms with E-state index in [9.17, 15) is 4.79 Å². The molecular weight excluding hydrogens is 212 g/mol.